The second kappa shape index (κ2) is 7.44. The van der Waals surface area contributed by atoms with E-state index in [0.717, 1.165) is 17.8 Å². The van der Waals surface area contributed by atoms with Crippen molar-refractivity contribution in [2.75, 3.05) is 0 Å². The van der Waals surface area contributed by atoms with Crippen LogP contribution in [-0.4, -0.2) is 0 Å². The molecule has 1 atom stereocenters. The molecular formula is C17H31. The molecule has 0 spiro atoms. The number of unbranched alkanes of at least 4 members (excludes halogenated alkanes) is 2. The van der Waals surface area contributed by atoms with Gasteiger partial charge >= 0.3 is 0 Å². The fourth-order valence-corrected chi connectivity index (χ4v) is 4.03. The molecule has 1 unspecified atom stereocenters. The predicted molar refractivity (Wildman–Crippen MR) is 75.8 cm³/mol. The molecule has 1 radical (unpaired) electrons. The zero-order valence-electron chi connectivity index (χ0n) is 11.8. The Kier molecular flexibility index (Phi) is 5.88. The van der Waals surface area contributed by atoms with Crippen LogP contribution < -0.4 is 0 Å². The lowest BCUT2D eigenvalue weighted by atomic mass is 9.70. The van der Waals surface area contributed by atoms with Crippen molar-refractivity contribution in [2.24, 2.45) is 17.8 Å². The monoisotopic (exact) mass is 235 g/mol. The molecule has 17 heavy (non-hydrogen) atoms. The third-order valence-electron chi connectivity index (χ3n) is 5.23. The van der Waals surface area contributed by atoms with Crippen molar-refractivity contribution < 1.29 is 0 Å². The van der Waals surface area contributed by atoms with E-state index in [1.54, 1.807) is 25.7 Å². The van der Waals surface area contributed by atoms with Crippen molar-refractivity contribution in [3.8, 4) is 0 Å². The van der Waals surface area contributed by atoms with Crippen LogP contribution in [0.3, 0.4) is 0 Å². The van der Waals surface area contributed by atoms with E-state index in [9.17, 15) is 0 Å². The first-order valence-electron chi connectivity index (χ1n) is 8.21. The highest BCUT2D eigenvalue weighted by molar-refractivity contribution is 4.84. The van der Waals surface area contributed by atoms with E-state index in [4.69, 9.17) is 0 Å². The summed E-state index contributed by atoms with van der Waals surface area (Å²) in [6.45, 7) is 2.32. The van der Waals surface area contributed by atoms with Crippen LogP contribution in [0, 0.1) is 24.2 Å². The van der Waals surface area contributed by atoms with Gasteiger partial charge in [0.05, 0.1) is 0 Å². The second-order valence-electron chi connectivity index (χ2n) is 6.49. The Balaban J connectivity index is 1.63. The summed E-state index contributed by atoms with van der Waals surface area (Å²) in [7, 11) is 0. The molecule has 0 aromatic heterocycles. The lowest BCUT2D eigenvalue weighted by molar-refractivity contribution is 0.175. The van der Waals surface area contributed by atoms with Gasteiger partial charge in [0.15, 0.2) is 0 Å². The molecule has 2 aliphatic carbocycles. The van der Waals surface area contributed by atoms with Crippen molar-refractivity contribution in [1.82, 2.24) is 0 Å². The van der Waals surface area contributed by atoms with E-state index in [2.05, 4.69) is 13.3 Å². The third kappa shape index (κ3) is 4.30. The molecule has 0 N–H and O–H groups in total. The molecule has 0 nitrogen and oxygen atoms in total. The molecule has 0 aromatic rings. The van der Waals surface area contributed by atoms with Crippen LogP contribution in [0.5, 0.6) is 0 Å². The lowest BCUT2D eigenvalue weighted by Crippen LogP contribution is -2.23. The number of hydrogen-bond donors (Lipinski definition) is 0. The largest absolute Gasteiger partial charge is 0.0654 e. The van der Waals surface area contributed by atoms with Gasteiger partial charge in [-0.25, -0.2) is 0 Å². The molecule has 0 bridgehead atoms. The van der Waals surface area contributed by atoms with Gasteiger partial charge in [-0.15, -0.1) is 0 Å². The van der Waals surface area contributed by atoms with Crippen LogP contribution in [0.15, 0.2) is 0 Å². The fraction of sp³-hybridized carbons (Fsp3) is 0.941. The minimum absolute atomic E-state index is 1.07. The Hall–Kier alpha value is 0. The quantitative estimate of drug-likeness (QED) is 0.531. The molecule has 0 aliphatic heterocycles. The summed E-state index contributed by atoms with van der Waals surface area (Å²) in [6.07, 6.45) is 20.4. The van der Waals surface area contributed by atoms with E-state index in [-0.39, 0.29) is 0 Å². The minimum Gasteiger partial charge on any atom is -0.0654 e. The van der Waals surface area contributed by atoms with Crippen molar-refractivity contribution >= 4 is 0 Å². The fourth-order valence-electron chi connectivity index (χ4n) is 4.03. The smallest absolute Gasteiger partial charge is 0.0383 e. The summed E-state index contributed by atoms with van der Waals surface area (Å²) in [6, 6.07) is 0. The summed E-state index contributed by atoms with van der Waals surface area (Å²) in [5.41, 5.74) is 0. The average molecular weight is 235 g/mol. The second-order valence-corrected chi connectivity index (χ2v) is 6.49. The highest BCUT2D eigenvalue weighted by Crippen LogP contribution is 2.40. The van der Waals surface area contributed by atoms with E-state index in [1.165, 1.54) is 51.4 Å². The van der Waals surface area contributed by atoms with Crippen LogP contribution >= 0.6 is 0 Å². The molecular weight excluding hydrogens is 204 g/mol. The molecule has 0 heteroatoms. The van der Waals surface area contributed by atoms with E-state index in [0.29, 0.717) is 0 Å². The van der Waals surface area contributed by atoms with Gasteiger partial charge in [0, 0.05) is 0 Å². The predicted octanol–water partition coefficient (Wildman–Crippen LogP) is 5.77. The Bertz CT molecular complexity index is 182. The molecule has 0 aromatic carbocycles. The lowest BCUT2D eigenvalue weighted by Gasteiger charge is -2.35. The van der Waals surface area contributed by atoms with Gasteiger partial charge in [0.2, 0.25) is 0 Å². The Morgan fingerprint density at radius 3 is 2.41 bits per heavy atom. The van der Waals surface area contributed by atoms with Crippen molar-refractivity contribution in [1.29, 1.82) is 0 Å². The van der Waals surface area contributed by atoms with Crippen LogP contribution in [0.25, 0.3) is 0 Å². The zero-order valence-corrected chi connectivity index (χ0v) is 11.8. The summed E-state index contributed by atoms with van der Waals surface area (Å²) >= 11 is 0. The molecule has 99 valence electrons. The first-order valence-corrected chi connectivity index (χ1v) is 8.21. The summed E-state index contributed by atoms with van der Waals surface area (Å²) in [5, 5.41) is 0. The Morgan fingerprint density at radius 2 is 1.76 bits per heavy atom. The van der Waals surface area contributed by atoms with Gasteiger partial charge in [-0.05, 0) is 43.4 Å². The van der Waals surface area contributed by atoms with Gasteiger partial charge < -0.3 is 0 Å². The first-order chi connectivity index (χ1) is 8.40. The summed E-state index contributed by atoms with van der Waals surface area (Å²) < 4.78 is 0. The topological polar surface area (TPSA) is 0 Å². The van der Waals surface area contributed by atoms with Crippen molar-refractivity contribution in [3.05, 3.63) is 6.42 Å². The standard InChI is InChI=1S/C17H31/c1-2-3-5-8-15-11-13-17(14-12-15)16-9-6-4-7-10-16/h6,15-17H,2-5,7-14H2,1H3. The Labute approximate surface area is 109 Å². The van der Waals surface area contributed by atoms with Crippen LogP contribution in [0.2, 0.25) is 0 Å². The summed E-state index contributed by atoms with van der Waals surface area (Å²) in [4.78, 5) is 0. The van der Waals surface area contributed by atoms with Gasteiger partial charge in [0.1, 0.15) is 0 Å². The van der Waals surface area contributed by atoms with Crippen LogP contribution in [0.4, 0.5) is 0 Å². The van der Waals surface area contributed by atoms with Crippen molar-refractivity contribution in [3.63, 3.8) is 0 Å². The normalized spacial score (nSPS) is 31.6. The molecule has 2 rings (SSSR count). The number of rotatable bonds is 5. The maximum Gasteiger partial charge on any atom is -0.0383 e. The van der Waals surface area contributed by atoms with E-state index < -0.39 is 0 Å². The van der Waals surface area contributed by atoms with Gasteiger partial charge in [0.25, 0.3) is 0 Å². The highest BCUT2D eigenvalue weighted by Gasteiger charge is 2.28. The Morgan fingerprint density at radius 1 is 0.941 bits per heavy atom. The van der Waals surface area contributed by atoms with Crippen molar-refractivity contribution in [2.45, 2.75) is 84.0 Å². The maximum absolute atomic E-state index is 2.56. The molecule has 0 amide bonds. The van der Waals surface area contributed by atoms with Crippen LogP contribution in [-0.2, 0) is 0 Å². The molecule has 0 saturated heterocycles. The zero-order chi connectivity index (χ0) is 11.9. The van der Waals surface area contributed by atoms with Gasteiger partial charge in [-0.2, -0.15) is 0 Å². The first kappa shape index (κ1) is 13.4. The summed E-state index contributed by atoms with van der Waals surface area (Å²) in [5.74, 6) is 3.25. The van der Waals surface area contributed by atoms with E-state index >= 15 is 0 Å². The molecule has 2 aliphatic rings. The van der Waals surface area contributed by atoms with Crippen LogP contribution in [0.1, 0.15) is 84.0 Å². The highest BCUT2D eigenvalue weighted by atomic mass is 14.3. The number of hydrogen-bond acceptors (Lipinski definition) is 0. The average Bonchev–Trinajstić information content (AvgIpc) is 2.41. The minimum atomic E-state index is 1.07. The third-order valence-corrected chi connectivity index (χ3v) is 5.23. The van der Waals surface area contributed by atoms with E-state index in [1.807, 2.05) is 0 Å². The maximum atomic E-state index is 2.56. The molecule has 0 heterocycles. The van der Waals surface area contributed by atoms with Gasteiger partial charge in [-0.3, -0.25) is 0 Å². The molecule has 2 saturated carbocycles. The molecule has 2 fully saturated rings. The SMILES string of the molecule is CCCCCC1CCC(C2C[CH]CCC2)CC1. The van der Waals surface area contributed by atoms with Gasteiger partial charge in [-0.1, -0.05) is 64.7 Å².